The zero-order valence-corrected chi connectivity index (χ0v) is 10.8. The molecule has 0 atom stereocenters. The summed E-state index contributed by atoms with van der Waals surface area (Å²) in [7, 11) is -3.30. The number of hydrogen-bond acceptors (Lipinski definition) is 3. The van der Waals surface area contributed by atoms with Gasteiger partial charge in [0.2, 0.25) is 0 Å². The number of nitrogens with zero attached hydrogens (tertiary/aromatic N) is 1. The van der Waals surface area contributed by atoms with Crippen molar-refractivity contribution in [1.82, 2.24) is 9.03 Å². The Labute approximate surface area is 98.6 Å². The van der Waals surface area contributed by atoms with Crippen LogP contribution in [0, 0.1) is 0 Å². The minimum absolute atomic E-state index is 0.176. The molecular weight excluding hydrogens is 226 g/mol. The smallest absolute Gasteiger partial charge is 0.279 e. The highest BCUT2D eigenvalue weighted by molar-refractivity contribution is 7.87. The van der Waals surface area contributed by atoms with E-state index in [1.165, 1.54) is 0 Å². The lowest BCUT2D eigenvalue weighted by Gasteiger charge is -2.27. The molecule has 0 radical (unpaired) electrons. The maximum Gasteiger partial charge on any atom is 0.279 e. The van der Waals surface area contributed by atoms with Crippen LogP contribution in [-0.2, 0) is 10.2 Å². The van der Waals surface area contributed by atoms with Gasteiger partial charge >= 0.3 is 0 Å². The molecule has 0 spiro atoms. The van der Waals surface area contributed by atoms with Crippen LogP contribution in [0.5, 0.6) is 0 Å². The molecule has 1 aliphatic carbocycles. The van der Waals surface area contributed by atoms with Crippen LogP contribution in [0.3, 0.4) is 0 Å². The van der Waals surface area contributed by atoms with Crippen LogP contribution in [0.25, 0.3) is 0 Å². The van der Waals surface area contributed by atoms with Crippen LogP contribution in [0.4, 0.5) is 0 Å². The molecule has 1 fully saturated rings. The van der Waals surface area contributed by atoms with Crippen molar-refractivity contribution in [2.75, 3.05) is 19.6 Å². The van der Waals surface area contributed by atoms with E-state index in [0.717, 1.165) is 32.1 Å². The summed E-state index contributed by atoms with van der Waals surface area (Å²) in [6.45, 7) is 3.31. The van der Waals surface area contributed by atoms with Crippen LogP contribution in [0.15, 0.2) is 0 Å². The molecule has 1 rings (SSSR count). The lowest BCUT2D eigenvalue weighted by Crippen LogP contribution is -2.46. The van der Waals surface area contributed by atoms with Gasteiger partial charge in [-0.2, -0.15) is 12.7 Å². The predicted octanol–water partition coefficient (Wildman–Crippen LogP) is 0.434. The summed E-state index contributed by atoms with van der Waals surface area (Å²) in [5.41, 5.74) is 5.45. The van der Waals surface area contributed by atoms with Crippen LogP contribution >= 0.6 is 0 Å². The first-order valence-corrected chi connectivity index (χ1v) is 7.52. The Bertz CT molecular complexity index is 286. The van der Waals surface area contributed by atoms with Crippen LogP contribution in [0.2, 0.25) is 0 Å². The fourth-order valence-electron chi connectivity index (χ4n) is 2.20. The molecule has 0 aromatic heterocycles. The van der Waals surface area contributed by atoms with Gasteiger partial charge in [-0.1, -0.05) is 19.8 Å². The second-order valence-electron chi connectivity index (χ2n) is 4.19. The third-order valence-electron chi connectivity index (χ3n) is 2.95. The average molecular weight is 249 g/mol. The lowest BCUT2D eigenvalue weighted by molar-refractivity contribution is 0.316. The van der Waals surface area contributed by atoms with E-state index in [9.17, 15) is 8.42 Å². The van der Waals surface area contributed by atoms with Gasteiger partial charge < -0.3 is 5.73 Å². The molecule has 16 heavy (non-hydrogen) atoms. The minimum atomic E-state index is -3.30. The molecule has 0 heterocycles. The molecule has 6 heteroatoms. The van der Waals surface area contributed by atoms with Crippen molar-refractivity contribution in [3.8, 4) is 0 Å². The number of nitrogens with one attached hydrogen (secondary N) is 1. The number of nitrogens with two attached hydrogens (primary N) is 1. The standard InChI is InChI=1S/C10H23N3O2S/c1-2-12-16(14,15)13(9-5-8-11)10-6-3-4-7-10/h10,12H,2-9,11H2,1H3. The summed E-state index contributed by atoms with van der Waals surface area (Å²) < 4.78 is 28.2. The van der Waals surface area contributed by atoms with Crippen molar-refractivity contribution in [2.45, 2.75) is 45.1 Å². The fraction of sp³-hybridized carbons (Fsp3) is 1.00. The summed E-state index contributed by atoms with van der Waals surface area (Å²) in [6.07, 6.45) is 4.95. The SMILES string of the molecule is CCNS(=O)(=O)N(CCCN)C1CCCC1. The first-order valence-electron chi connectivity index (χ1n) is 6.08. The van der Waals surface area contributed by atoms with Crippen LogP contribution in [0.1, 0.15) is 39.0 Å². The van der Waals surface area contributed by atoms with Gasteiger partial charge in [0.25, 0.3) is 10.2 Å². The van der Waals surface area contributed by atoms with Crippen molar-refractivity contribution >= 4 is 10.2 Å². The van der Waals surface area contributed by atoms with Crippen LogP contribution in [-0.4, -0.2) is 38.4 Å². The van der Waals surface area contributed by atoms with E-state index in [0.29, 0.717) is 19.6 Å². The van der Waals surface area contributed by atoms with E-state index >= 15 is 0 Å². The normalized spacial score (nSPS) is 18.4. The van der Waals surface area contributed by atoms with E-state index < -0.39 is 10.2 Å². The van der Waals surface area contributed by atoms with Gasteiger partial charge in [0, 0.05) is 19.1 Å². The summed E-state index contributed by atoms with van der Waals surface area (Å²) in [4.78, 5) is 0. The number of rotatable bonds is 7. The van der Waals surface area contributed by atoms with Gasteiger partial charge in [-0.15, -0.1) is 0 Å². The molecule has 0 aliphatic heterocycles. The van der Waals surface area contributed by atoms with E-state index in [1.807, 2.05) is 0 Å². The van der Waals surface area contributed by atoms with Gasteiger partial charge in [-0.05, 0) is 25.8 Å². The Kier molecular flexibility index (Phi) is 5.68. The lowest BCUT2D eigenvalue weighted by atomic mass is 10.2. The Hall–Kier alpha value is -0.170. The van der Waals surface area contributed by atoms with E-state index in [-0.39, 0.29) is 6.04 Å². The molecule has 0 aromatic carbocycles. The maximum absolute atomic E-state index is 12.0. The Balaban J connectivity index is 2.69. The number of hydrogen-bond donors (Lipinski definition) is 2. The predicted molar refractivity (Wildman–Crippen MR) is 65.2 cm³/mol. The van der Waals surface area contributed by atoms with Crippen molar-refractivity contribution in [3.05, 3.63) is 0 Å². The monoisotopic (exact) mass is 249 g/mol. The van der Waals surface area contributed by atoms with Crippen molar-refractivity contribution in [3.63, 3.8) is 0 Å². The Morgan fingerprint density at radius 1 is 1.38 bits per heavy atom. The third kappa shape index (κ3) is 3.69. The zero-order chi connectivity index (χ0) is 12.0. The van der Waals surface area contributed by atoms with Gasteiger partial charge in [0.1, 0.15) is 0 Å². The minimum Gasteiger partial charge on any atom is -0.330 e. The van der Waals surface area contributed by atoms with Crippen LogP contribution < -0.4 is 10.5 Å². The molecule has 0 saturated heterocycles. The molecular formula is C10H23N3O2S. The summed E-state index contributed by atoms with van der Waals surface area (Å²) in [5, 5.41) is 0. The molecule has 3 N–H and O–H groups in total. The van der Waals surface area contributed by atoms with E-state index in [4.69, 9.17) is 5.73 Å². The van der Waals surface area contributed by atoms with E-state index in [2.05, 4.69) is 4.72 Å². The molecule has 96 valence electrons. The summed E-state index contributed by atoms with van der Waals surface area (Å²) in [5.74, 6) is 0. The summed E-state index contributed by atoms with van der Waals surface area (Å²) >= 11 is 0. The highest BCUT2D eigenvalue weighted by Gasteiger charge is 2.30. The molecule has 0 amide bonds. The van der Waals surface area contributed by atoms with Gasteiger partial charge in [0.15, 0.2) is 0 Å². The third-order valence-corrected chi connectivity index (χ3v) is 4.70. The first kappa shape index (κ1) is 13.9. The molecule has 1 saturated carbocycles. The van der Waals surface area contributed by atoms with Crippen molar-refractivity contribution in [2.24, 2.45) is 5.73 Å². The maximum atomic E-state index is 12.0. The van der Waals surface area contributed by atoms with Gasteiger partial charge in [0.05, 0.1) is 0 Å². The Morgan fingerprint density at radius 3 is 2.50 bits per heavy atom. The first-order chi connectivity index (χ1) is 7.61. The topological polar surface area (TPSA) is 75.4 Å². The quantitative estimate of drug-likeness (QED) is 0.687. The second-order valence-corrected chi connectivity index (χ2v) is 5.90. The molecule has 5 nitrogen and oxygen atoms in total. The van der Waals surface area contributed by atoms with Gasteiger partial charge in [-0.25, -0.2) is 4.72 Å². The van der Waals surface area contributed by atoms with E-state index in [1.54, 1.807) is 11.2 Å². The highest BCUT2D eigenvalue weighted by Crippen LogP contribution is 2.25. The fourth-order valence-corrected chi connectivity index (χ4v) is 3.71. The average Bonchev–Trinajstić information content (AvgIpc) is 2.71. The molecule has 0 bridgehead atoms. The highest BCUT2D eigenvalue weighted by atomic mass is 32.2. The molecule has 1 aliphatic rings. The van der Waals surface area contributed by atoms with Crippen molar-refractivity contribution in [1.29, 1.82) is 0 Å². The largest absolute Gasteiger partial charge is 0.330 e. The van der Waals surface area contributed by atoms with Gasteiger partial charge in [-0.3, -0.25) is 0 Å². The molecule has 0 unspecified atom stereocenters. The summed E-state index contributed by atoms with van der Waals surface area (Å²) in [6, 6.07) is 0.176. The Morgan fingerprint density at radius 2 is 2.00 bits per heavy atom. The second kappa shape index (κ2) is 6.54. The zero-order valence-electron chi connectivity index (χ0n) is 9.98. The molecule has 0 aromatic rings. The van der Waals surface area contributed by atoms with Crippen molar-refractivity contribution < 1.29 is 8.42 Å².